The Labute approximate surface area is 84.6 Å². The molecule has 0 aliphatic heterocycles. The molecule has 1 N–H and O–H groups in total. The zero-order valence-corrected chi connectivity index (χ0v) is 8.08. The third-order valence-corrected chi connectivity index (χ3v) is 2.43. The van der Waals surface area contributed by atoms with Crippen molar-refractivity contribution in [3.8, 4) is 0 Å². The molecule has 0 aromatic carbocycles. The maximum absolute atomic E-state index is 11.4. The van der Waals surface area contributed by atoms with Gasteiger partial charge in [-0.1, -0.05) is 0 Å². The second-order valence-electron chi connectivity index (χ2n) is 2.63. The second kappa shape index (κ2) is 4.06. The van der Waals surface area contributed by atoms with E-state index >= 15 is 0 Å². The standard InChI is InChI=1S/C9H8N2O2S/c12-9(8-5-10-6-14-8)11-4-7-2-1-3-13-7/h1-3,5-6H,4H2,(H,11,12). The van der Waals surface area contributed by atoms with Crippen molar-refractivity contribution in [1.29, 1.82) is 0 Å². The van der Waals surface area contributed by atoms with Crippen molar-refractivity contribution in [3.05, 3.63) is 40.7 Å². The molecule has 0 bridgehead atoms. The number of nitrogens with zero attached hydrogens (tertiary/aromatic N) is 1. The number of carbonyl (C=O) groups excluding carboxylic acids is 1. The minimum atomic E-state index is -0.121. The Bertz CT molecular complexity index is 394. The summed E-state index contributed by atoms with van der Waals surface area (Å²) in [7, 11) is 0. The first-order chi connectivity index (χ1) is 6.86. The van der Waals surface area contributed by atoms with Gasteiger partial charge in [0.25, 0.3) is 5.91 Å². The lowest BCUT2D eigenvalue weighted by Gasteiger charge is -1.99. The summed E-state index contributed by atoms with van der Waals surface area (Å²) in [5, 5.41) is 2.73. The van der Waals surface area contributed by atoms with Crippen LogP contribution < -0.4 is 5.32 Å². The fourth-order valence-corrected chi connectivity index (χ4v) is 1.53. The van der Waals surface area contributed by atoms with Crippen LogP contribution in [-0.2, 0) is 6.54 Å². The number of hydrogen-bond acceptors (Lipinski definition) is 4. The minimum absolute atomic E-state index is 0.121. The van der Waals surface area contributed by atoms with E-state index in [9.17, 15) is 4.79 Å². The van der Waals surface area contributed by atoms with Gasteiger partial charge in [0.2, 0.25) is 0 Å². The number of nitrogens with one attached hydrogen (secondary N) is 1. The SMILES string of the molecule is O=C(NCc1ccco1)c1cncs1. The molecule has 1 amide bonds. The van der Waals surface area contributed by atoms with Gasteiger partial charge >= 0.3 is 0 Å². The Morgan fingerprint density at radius 1 is 1.64 bits per heavy atom. The van der Waals surface area contributed by atoms with Crippen molar-refractivity contribution in [2.75, 3.05) is 0 Å². The molecule has 2 heterocycles. The largest absolute Gasteiger partial charge is 0.467 e. The van der Waals surface area contributed by atoms with Crippen molar-refractivity contribution < 1.29 is 9.21 Å². The summed E-state index contributed by atoms with van der Waals surface area (Å²) in [6.45, 7) is 0.406. The smallest absolute Gasteiger partial charge is 0.263 e. The Hall–Kier alpha value is -1.62. The van der Waals surface area contributed by atoms with Gasteiger partial charge in [0.15, 0.2) is 0 Å². The average molecular weight is 208 g/mol. The first-order valence-corrected chi connectivity index (χ1v) is 4.93. The first-order valence-electron chi connectivity index (χ1n) is 4.05. The predicted molar refractivity (Wildman–Crippen MR) is 52.0 cm³/mol. The third-order valence-electron chi connectivity index (χ3n) is 1.66. The van der Waals surface area contributed by atoms with E-state index in [1.165, 1.54) is 11.3 Å². The van der Waals surface area contributed by atoms with Crippen molar-refractivity contribution >= 4 is 17.2 Å². The predicted octanol–water partition coefficient (Wildman–Crippen LogP) is 1.67. The lowest BCUT2D eigenvalue weighted by molar-refractivity contribution is 0.0952. The van der Waals surface area contributed by atoms with Crippen LogP contribution in [0.25, 0.3) is 0 Å². The van der Waals surface area contributed by atoms with Crippen LogP contribution in [0.1, 0.15) is 15.4 Å². The first kappa shape index (κ1) is 8.96. The summed E-state index contributed by atoms with van der Waals surface area (Å²) in [6.07, 6.45) is 3.12. The van der Waals surface area contributed by atoms with Gasteiger partial charge in [-0.2, -0.15) is 0 Å². The molecule has 0 saturated heterocycles. The number of aromatic nitrogens is 1. The summed E-state index contributed by atoms with van der Waals surface area (Å²) >= 11 is 1.31. The van der Waals surface area contributed by atoms with Crippen LogP contribution in [0, 0.1) is 0 Å². The molecule has 0 atom stereocenters. The molecule has 0 spiro atoms. The molecule has 0 aliphatic rings. The zero-order chi connectivity index (χ0) is 9.80. The van der Waals surface area contributed by atoms with E-state index in [0.717, 1.165) is 5.76 Å². The molecule has 0 fully saturated rings. The summed E-state index contributed by atoms with van der Waals surface area (Å²) in [5.41, 5.74) is 1.63. The molecule has 2 aromatic rings. The van der Waals surface area contributed by atoms with Gasteiger partial charge in [-0.25, -0.2) is 0 Å². The highest BCUT2D eigenvalue weighted by Gasteiger charge is 2.06. The van der Waals surface area contributed by atoms with Gasteiger partial charge in [0.1, 0.15) is 10.6 Å². The average Bonchev–Trinajstić information content (AvgIpc) is 2.87. The zero-order valence-electron chi connectivity index (χ0n) is 7.27. The van der Waals surface area contributed by atoms with Crippen LogP contribution in [0.3, 0.4) is 0 Å². The van der Waals surface area contributed by atoms with Gasteiger partial charge in [0.05, 0.1) is 24.5 Å². The lowest BCUT2D eigenvalue weighted by Crippen LogP contribution is -2.21. The molecule has 5 heteroatoms. The fourth-order valence-electron chi connectivity index (χ4n) is 0.996. The van der Waals surface area contributed by atoms with Gasteiger partial charge in [0, 0.05) is 0 Å². The van der Waals surface area contributed by atoms with Crippen molar-refractivity contribution in [2.24, 2.45) is 0 Å². The Kier molecular flexibility index (Phi) is 2.60. The van der Waals surface area contributed by atoms with Crippen molar-refractivity contribution in [3.63, 3.8) is 0 Å². The summed E-state index contributed by atoms with van der Waals surface area (Å²) in [5.74, 6) is 0.617. The van der Waals surface area contributed by atoms with E-state index in [1.54, 1.807) is 24.0 Å². The Morgan fingerprint density at radius 2 is 2.57 bits per heavy atom. The van der Waals surface area contributed by atoms with Crippen LogP contribution in [0.4, 0.5) is 0 Å². The van der Waals surface area contributed by atoms with Crippen LogP contribution in [-0.4, -0.2) is 10.9 Å². The summed E-state index contributed by atoms with van der Waals surface area (Å²) in [4.78, 5) is 15.8. The molecule has 0 aliphatic carbocycles. The maximum Gasteiger partial charge on any atom is 0.263 e. The summed E-state index contributed by atoms with van der Waals surface area (Å²) in [6, 6.07) is 3.60. The van der Waals surface area contributed by atoms with E-state index in [0.29, 0.717) is 11.4 Å². The van der Waals surface area contributed by atoms with E-state index in [4.69, 9.17) is 4.42 Å². The molecular weight excluding hydrogens is 200 g/mol. The van der Waals surface area contributed by atoms with Gasteiger partial charge in [-0.05, 0) is 12.1 Å². The minimum Gasteiger partial charge on any atom is -0.467 e. The topological polar surface area (TPSA) is 55.1 Å². The molecule has 2 rings (SSSR count). The highest BCUT2D eigenvalue weighted by molar-refractivity contribution is 7.11. The van der Waals surface area contributed by atoms with Crippen molar-refractivity contribution in [2.45, 2.75) is 6.54 Å². The van der Waals surface area contributed by atoms with Gasteiger partial charge < -0.3 is 9.73 Å². The monoisotopic (exact) mass is 208 g/mol. The van der Waals surface area contributed by atoms with Crippen LogP contribution >= 0.6 is 11.3 Å². The lowest BCUT2D eigenvalue weighted by atomic mass is 10.4. The molecule has 0 unspecified atom stereocenters. The molecule has 72 valence electrons. The molecule has 2 aromatic heterocycles. The Morgan fingerprint density at radius 3 is 3.21 bits per heavy atom. The summed E-state index contributed by atoms with van der Waals surface area (Å²) < 4.78 is 5.07. The van der Waals surface area contributed by atoms with Gasteiger partial charge in [-0.3, -0.25) is 9.78 Å². The van der Waals surface area contributed by atoms with E-state index in [2.05, 4.69) is 10.3 Å². The number of furan rings is 1. The molecule has 4 nitrogen and oxygen atoms in total. The van der Waals surface area contributed by atoms with E-state index in [1.807, 2.05) is 6.07 Å². The number of thiazole rings is 1. The van der Waals surface area contributed by atoms with Crippen molar-refractivity contribution in [1.82, 2.24) is 10.3 Å². The second-order valence-corrected chi connectivity index (χ2v) is 3.51. The molecule has 0 radical (unpaired) electrons. The third kappa shape index (κ3) is 2.00. The normalized spacial score (nSPS) is 10.0. The number of carbonyl (C=O) groups is 1. The molecule has 14 heavy (non-hydrogen) atoms. The quantitative estimate of drug-likeness (QED) is 0.834. The number of amides is 1. The molecular formula is C9H8N2O2S. The fraction of sp³-hybridized carbons (Fsp3) is 0.111. The van der Waals surface area contributed by atoms with Crippen LogP contribution in [0.15, 0.2) is 34.5 Å². The van der Waals surface area contributed by atoms with E-state index in [-0.39, 0.29) is 5.91 Å². The number of rotatable bonds is 3. The van der Waals surface area contributed by atoms with Gasteiger partial charge in [-0.15, -0.1) is 11.3 Å². The van der Waals surface area contributed by atoms with Crippen LogP contribution in [0.2, 0.25) is 0 Å². The van der Waals surface area contributed by atoms with Crippen LogP contribution in [0.5, 0.6) is 0 Å². The maximum atomic E-state index is 11.4. The highest BCUT2D eigenvalue weighted by Crippen LogP contribution is 2.05. The highest BCUT2D eigenvalue weighted by atomic mass is 32.1. The Balaban J connectivity index is 1.90. The molecule has 0 saturated carbocycles. The van der Waals surface area contributed by atoms with E-state index < -0.39 is 0 Å². The number of hydrogen-bond donors (Lipinski definition) is 1.